The Labute approximate surface area is 177 Å². The van der Waals surface area contributed by atoms with Crippen molar-refractivity contribution in [2.24, 2.45) is 0 Å². The maximum atomic E-state index is 12.4. The topological polar surface area (TPSA) is 59.3 Å². The number of hydrogen-bond acceptors (Lipinski definition) is 4. The van der Waals surface area contributed by atoms with Gasteiger partial charge in [-0.15, -0.1) is 0 Å². The second kappa shape index (κ2) is 10.8. The van der Waals surface area contributed by atoms with Gasteiger partial charge in [0.05, 0.1) is 23.8 Å². The van der Waals surface area contributed by atoms with Gasteiger partial charge in [0.25, 0.3) is 0 Å². The van der Waals surface area contributed by atoms with Crippen molar-refractivity contribution >= 4 is 5.97 Å². The summed E-state index contributed by atoms with van der Waals surface area (Å²) in [5, 5.41) is 8.89. The molecular formula is C26H25NO3. The zero-order valence-electron chi connectivity index (χ0n) is 17.1. The molecule has 0 aliphatic heterocycles. The van der Waals surface area contributed by atoms with Crippen LogP contribution >= 0.6 is 0 Å². The predicted molar refractivity (Wildman–Crippen MR) is 118 cm³/mol. The van der Waals surface area contributed by atoms with Crippen molar-refractivity contribution in [3.8, 4) is 28.7 Å². The minimum atomic E-state index is -0.408. The van der Waals surface area contributed by atoms with Crippen LogP contribution in [-0.4, -0.2) is 12.6 Å². The molecule has 4 heteroatoms. The van der Waals surface area contributed by atoms with Crippen LogP contribution in [-0.2, 0) is 0 Å². The molecule has 0 atom stereocenters. The van der Waals surface area contributed by atoms with Crippen molar-refractivity contribution in [2.45, 2.75) is 32.6 Å². The predicted octanol–water partition coefficient (Wildman–Crippen LogP) is 6.40. The Morgan fingerprint density at radius 2 is 1.40 bits per heavy atom. The van der Waals surface area contributed by atoms with Gasteiger partial charge in [0.2, 0.25) is 0 Å². The standard InChI is InChI=1S/C26H25NO3/c1-2-3-4-5-18-29-24-14-16-25(17-15-24)30-26(28)23-12-10-22(11-13-23)21-8-6-20(19-27)7-9-21/h6-17H,2-5,18H2,1H3. The fourth-order valence-corrected chi connectivity index (χ4v) is 3.02. The van der Waals surface area contributed by atoms with Crippen molar-refractivity contribution in [1.29, 1.82) is 5.26 Å². The molecular weight excluding hydrogens is 374 g/mol. The van der Waals surface area contributed by atoms with Crippen LogP contribution in [0.3, 0.4) is 0 Å². The number of nitriles is 1. The number of carbonyl (C=O) groups excluding carboxylic acids is 1. The second-order valence-corrected chi connectivity index (χ2v) is 7.04. The number of esters is 1. The Morgan fingerprint density at radius 1 is 0.800 bits per heavy atom. The molecule has 3 aromatic rings. The van der Waals surface area contributed by atoms with Crippen LogP contribution in [0.25, 0.3) is 11.1 Å². The molecule has 0 aliphatic rings. The van der Waals surface area contributed by atoms with Crippen LogP contribution in [0.2, 0.25) is 0 Å². The average molecular weight is 399 g/mol. The number of hydrogen-bond donors (Lipinski definition) is 0. The van der Waals surface area contributed by atoms with Gasteiger partial charge in [-0.2, -0.15) is 5.26 Å². The van der Waals surface area contributed by atoms with Crippen LogP contribution in [0.4, 0.5) is 0 Å². The van der Waals surface area contributed by atoms with Gasteiger partial charge >= 0.3 is 5.97 Å². The zero-order valence-corrected chi connectivity index (χ0v) is 17.1. The highest BCUT2D eigenvalue weighted by molar-refractivity contribution is 5.91. The van der Waals surface area contributed by atoms with Crippen LogP contribution in [0.5, 0.6) is 11.5 Å². The van der Waals surface area contributed by atoms with E-state index in [1.165, 1.54) is 19.3 Å². The first kappa shape index (κ1) is 21.1. The molecule has 0 aliphatic carbocycles. The molecule has 152 valence electrons. The van der Waals surface area contributed by atoms with E-state index < -0.39 is 5.97 Å². The van der Waals surface area contributed by atoms with Crippen LogP contribution in [0, 0.1) is 11.3 Å². The Morgan fingerprint density at radius 3 is 2.00 bits per heavy atom. The van der Waals surface area contributed by atoms with Gasteiger partial charge in [-0.05, 0) is 66.1 Å². The number of unbranched alkanes of at least 4 members (excludes halogenated alkanes) is 3. The van der Waals surface area contributed by atoms with E-state index in [9.17, 15) is 4.79 Å². The number of nitrogens with zero attached hydrogens (tertiary/aromatic N) is 1. The number of rotatable bonds is 9. The fourth-order valence-electron chi connectivity index (χ4n) is 3.02. The number of carbonyl (C=O) groups is 1. The first-order chi connectivity index (χ1) is 14.7. The maximum absolute atomic E-state index is 12.4. The lowest BCUT2D eigenvalue weighted by Crippen LogP contribution is -2.08. The van der Waals surface area contributed by atoms with Gasteiger partial charge in [0.1, 0.15) is 11.5 Å². The maximum Gasteiger partial charge on any atom is 0.343 e. The summed E-state index contributed by atoms with van der Waals surface area (Å²) in [6.07, 6.45) is 4.66. The second-order valence-electron chi connectivity index (χ2n) is 7.04. The zero-order chi connectivity index (χ0) is 21.2. The first-order valence-electron chi connectivity index (χ1n) is 10.2. The molecule has 0 spiro atoms. The minimum absolute atomic E-state index is 0.408. The molecule has 4 nitrogen and oxygen atoms in total. The summed E-state index contributed by atoms with van der Waals surface area (Å²) in [5.74, 6) is 0.849. The monoisotopic (exact) mass is 399 g/mol. The van der Waals surface area contributed by atoms with E-state index in [1.54, 1.807) is 36.4 Å². The molecule has 0 saturated carbocycles. The first-order valence-corrected chi connectivity index (χ1v) is 10.2. The summed E-state index contributed by atoms with van der Waals surface area (Å²) in [6, 6.07) is 23.8. The van der Waals surface area contributed by atoms with Crippen LogP contribution < -0.4 is 9.47 Å². The highest BCUT2D eigenvalue weighted by Crippen LogP contribution is 2.22. The lowest BCUT2D eigenvalue weighted by Gasteiger charge is -2.08. The normalized spacial score (nSPS) is 10.3. The smallest absolute Gasteiger partial charge is 0.343 e. The SMILES string of the molecule is CCCCCCOc1ccc(OC(=O)c2ccc(-c3ccc(C#N)cc3)cc2)cc1. The minimum Gasteiger partial charge on any atom is -0.494 e. The summed E-state index contributed by atoms with van der Waals surface area (Å²) in [6.45, 7) is 2.88. The summed E-state index contributed by atoms with van der Waals surface area (Å²) in [4.78, 5) is 12.4. The third-order valence-electron chi connectivity index (χ3n) is 4.77. The molecule has 30 heavy (non-hydrogen) atoms. The van der Waals surface area contributed by atoms with E-state index in [1.807, 2.05) is 36.4 Å². The van der Waals surface area contributed by atoms with Crippen molar-refractivity contribution < 1.29 is 14.3 Å². The van der Waals surface area contributed by atoms with E-state index in [4.69, 9.17) is 14.7 Å². The van der Waals surface area contributed by atoms with E-state index in [-0.39, 0.29) is 0 Å². The molecule has 0 aromatic heterocycles. The highest BCUT2D eigenvalue weighted by atomic mass is 16.5. The molecule has 0 N–H and O–H groups in total. The summed E-state index contributed by atoms with van der Waals surface area (Å²) < 4.78 is 11.2. The summed E-state index contributed by atoms with van der Waals surface area (Å²) in [7, 11) is 0. The Balaban J connectivity index is 1.54. The van der Waals surface area contributed by atoms with E-state index >= 15 is 0 Å². The molecule has 0 radical (unpaired) electrons. The molecule has 0 amide bonds. The largest absolute Gasteiger partial charge is 0.494 e. The van der Waals surface area contributed by atoms with Crippen molar-refractivity contribution in [3.05, 3.63) is 83.9 Å². The third kappa shape index (κ3) is 5.96. The van der Waals surface area contributed by atoms with E-state index in [0.717, 1.165) is 23.3 Å². The highest BCUT2D eigenvalue weighted by Gasteiger charge is 2.09. The van der Waals surface area contributed by atoms with Gasteiger partial charge in [0.15, 0.2) is 0 Å². The molecule has 0 bridgehead atoms. The quantitative estimate of drug-likeness (QED) is 0.237. The van der Waals surface area contributed by atoms with Crippen molar-refractivity contribution in [2.75, 3.05) is 6.61 Å². The van der Waals surface area contributed by atoms with Gasteiger partial charge in [0, 0.05) is 0 Å². The Bertz CT molecular complexity index is 984. The van der Waals surface area contributed by atoms with Gasteiger partial charge in [-0.3, -0.25) is 0 Å². The van der Waals surface area contributed by atoms with Gasteiger partial charge in [-0.1, -0.05) is 50.5 Å². The number of ether oxygens (including phenoxy) is 2. The Kier molecular flexibility index (Phi) is 7.63. The van der Waals surface area contributed by atoms with Crippen LogP contribution in [0.15, 0.2) is 72.8 Å². The molecule has 3 rings (SSSR count). The van der Waals surface area contributed by atoms with E-state index in [2.05, 4.69) is 13.0 Å². The lowest BCUT2D eigenvalue weighted by molar-refractivity contribution is 0.0734. The fraction of sp³-hybridized carbons (Fsp3) is 0.231. The Hall–Kier alpha value is -3.58. The molecule has 0 heterocycles. The van der Waals surface area contributed by atoms with Crippen LogP contribution in [0.1, 0.15) is 48.5 Å². The number of benzene rings is 3. The average Bonchev–Trinajstić information content (AvgIpc) is 2.80. The summed E-state index contributed by atoms with van der Waals surface area (Å²) in [5.41, 5.74) is 3.05. The lowest BCUT2D eigenvalue weighted by atomic mass is 10.0. The van der Waals surface area contributed by atoms with Gasteiger partial charge in [-0.25, -0.2) is 4.79 Å². The van der Waals surface area contributed by atoms with Gasteiger partial charge < -0.3 is 9.47 Å². The molecule has 0 saturated heterocycles. The molecule has 0 fully saturated rings. The molecule has 3 aromatic carbocycles. The summed E-state index contributed by atoms with van der Waals surface area (Å²) >= 11 is 0. The van der Waals surface area contributed by atoms with Crippen molar-refractivity contribution in [1.82, 2.24) is 0 Å². The third-order valence-corrected chi connectivity index (χ3v) is 4.77. The van der Waals surface area contributed by atoms with E-state index in [0.29, 0.717) is 23.5 Å². The molecule has 0 unspecified atom stereocenters. The van der Waals surface area contributed by atoms with Crippen molar-refractivity contribution in [3.63, 3.8) is 0 Å².